The van der Waals surface area contributed by atoms with Gasteiger partial charge in [-0.2, -0.15) is 0 Å². The van der Waals surface area contributed by atoms with Gasteiger partial charge in [0, 0.05) is 15.4 Å². The van der Waals surface area contributed by atoms with E-state index in [-0.39, 0.29) is 5.97 Å². The zero-order chi connectivity index (χ0) is 17.8. The predicted octanol–water partition coefficient (Wildman–Crippen LogP) is 5.79. The molecule has 0 saturated carbocycles. The number of fused-ring (bicyclic) bond motifs is 1. The lowest BCUT2D eigenvalue weighted by atomic mass is 9.93. The molecular weight excluding hydrogens is 378 g/mol. The van der Waals surface area contributed by atoms with Gasteiger partial charge in [0.2, 0.25) is 0 Å². The van der Waals surface area contributed by atoms with Gasteiger partial charge in [0.15, 0.2) is 0 Å². The normalized spacial score (nSPS) is 10.8. The quantitative estimate of drug-likeness (QED) is 0.511. The number of benzene rings is 2. The van der Waals surface area contributed by atoms with E-state index in [0.29, 0.717) is 12.2 Å². The van der Waals surface area contributed by atoms with Crippen molar-refractivity contribution in [3.8, 4) is 11.1 Å². The third-order valence-corrected chi connectivity index (χ3v) is 4.73. The molecule has 3 aromatic rings. The van der Waals surface area contributed by atoms with Crippen molar-refractivity contribution < 1.29 is 9.53 Å². The van der Waals surface area contributed by atoms with Crippen LogP contribution in [0.3, 0.4) is 0 Å². The molecule has 0 unspecified atom stereocenters. The van der Waals surface area contributed by atoms with Crippen LogP contribution >= 0.6 is 15.9 Å². The molecule has 0 fully saturated rings. The first kappa shape index (κ1) is 17.6. The second kappa shape index (κ2) is 7.79. The Balaban J connectivity index is 2.44. The number of hydrogen-bond donors (Lipinski definition) is 0. The number of aryl methyl sites for hydroxylation is 1. The van der Waals surface area contributed by atoms with Crippen molar-refractivity contribution in [2.75, 3.05) is 6.61 Å². The Morgan fingerprint density at radius 1 is 1.08 bits per heavy atom. The Morgan fingerprint density at radius 3 is 2.52 bits per heavy atom. The van der Waals surface area contributed by atoms with E-state index in [0.717, 1.165) is 45.0 Å². The van der Waals surface area contributed by atoms with E-state index >= 15 is 0 Å². The Kier molecular flexibility index (Phi) is 5.49. The predicted molar refractivity (Wildman–Crippen MR) is 105 cm³/mol. The summed E-state index contributed by atoms with van der Waals surface area (Å²) in [5, 5.41) is 0.941. The molecule has 1 aromatic heterocycles. The third-order valence-electron chi connectivity index (χ3n) is 4.06. The zero-order valence-electron chi connectivity index (χ0n) is 14.4. The number of pyridine rings is 1. The van der Waals surface area contributed by atoms with Crippen molar-refractivity contribution in [1.29, 1.82) is 0 Å². The number of halogens is 1. The molecule has 0 atom stereocenters. The van der Waals surface area contributed by atoms with Crippen LogP contribution in [0.15, 0.2) is 53.0 Å². The van der Waals surface area contributed by atoms with Crippen LogP contribution < -0.4 is 0 Å². The molecule has 1 heterocycles. The number of esters is 1. The van der Waals surface area contributed by atoms with E-state index in [1.807, 2.05) is 55.5 Å². The molecule has 0 bridgehead atoms. The fraction of sp³-hybridized carbons (Fsp3) is 0.238. The summed E-state index contributed by atoms with van der Waals surface area (Å²) in [7, 11) is 0. The molecule has 0 aliphatic rings. The number of carbonyl (C=O) groups excluding carboxylic acids is 1. The van der Waals surface area contributed by atoms with Gasteiger partial charge in [-0.25, -0.2) is 4.79 Å². The summed E-state index contributed by atoms with van der Waals surface area (Å²) in [5.41, 5.74) is 4.13. The minimum absolute atomic E-state index is 0.310. The maximum Gasteiger partial charge on any atom is 0.340 e. The summed E-state index contributed by atoms with van der Waals surface area (Å²) in [6.45, 7) is 4.25. The molecule has 2 aromatic carbocycles. The summed E-state index contributed by atoms with van der Waals surface area (Å²) < 4.78 is 6.29. The molecule has 0 saturated heterocycles. The van der Waals surface area contributed by atoms with E-state index in [4.69, 9.17) is 9.72 Å². The average Bonchev–Trinajstić information content (AvgIpc) is 2.62. The summed E-state index contributed by atoms with van der Waals surface area (Å²) in [5.74, 6) is -0.310. The van der Waals surface area contributed by atoms with Gasteiger partial charge < -0.3 is 4.74 Å². The molecule has 25 heavy (non-hydrogen) atoms. The smallest absolute Gasteiger partial charge is 0.340 e. The first-order valence-corrected chi connectivity index (χ1v) is 9.30. The van der Waals surface area contributed by atoms with Gasteiger partial charge in [-0.1, -0.05) is 65.7 Å². The molecule has 128 valence electrons. The van der Waals surface area contributed by atoms with E-state index in [2.05, 4.69) is 22.9 Å². The van der Waals surface area contributed by atoms with Crippen LogP contribution in [-0.4, -0.2) is 17.6 Å². The highest BCUT2D eigenvalue weighted by molar-refractivity contribution is 9.10. The van der Waals surface area contributed by atoms with Gasteiger partial charge in [-0.15, -0.1) is 0 Å². The van der Waals surface area contributed by atoms with Crippen molar-refractivity contribution in [2.45, 2.75) is 26.7 Å². The second-order valence-electron chi connectivity index (χ2n) is 5.78. The number of ether oxygens (including phenoxy) is 1. The zero-order valence-corrected chi connectivity index (χ0v) is 16.0. The number of hydrogen-bond acceptors (Lipinski definition) is 3. The number of carbonyl (C=O) groups is 1. The SMILES string of the molecule is CCCc1nc2cccc(Br)c2c(-c2ccccc2)c1C(=O)OCC. The summed E-state index contributed by atoms with van der Waals surface area (Å²) in [6, 6.07) is 15.9. The fourth-order valence-electron chi connectivity index (χ4n) is 3.06. The lowest BCUT2D eigenvalue weighted by molar-refractivity contribution is 0.0525. The summed E-state index contributed by atoms with van der Waals surface area (Å²) in [4.78, 5) is 17.6. The van der Waals surface area contributed by atoms with Gasteiger partial charge >= 0.3 is 5.97 Å². The molecule has 3 nitrogen and oxygen atoms in total. The van der Waals surface area contributed by atoms with Crippen molar-refractivity contribution >= 4 is 32.8 Å². The molecule has 0 N–H and O–H groups in total. The third kappa shape index (κ3) is 3.45. The van der Waals surface area contributed by atoms with Crippen molar-refractivity contribution in [2.24, 2.45) is 0 Å². The van der Waals surface area contributed by atoms with Crippen molar-refractivity contribution in [3.63, 3.8) is 0 Å². The van der Waals surface area contributed by atoms with E-state index in [1.54, 1.807) is 0 Å². The highest BCUT2D eigenvalue weighted by atomic mass is 79.9. The molecule has 3 rings (SSSR count). The molecule has 0 amide bonds. The van der Waals surface area contributed by atoms with Crippen LogP contribution in [-0.2, 0) is 11.2 Å². The Hall–Kier alpha value is -2.20. The van der Waals surface area contributed by atoms with Gasteiger partial charge in [-0.3, -0.25) is 4.98 Å². The minimum atomic E-state index is -0.310. The first-order valence-electron chi connectivity index (χ1n) is 8.51. The highest BCUT2D eigenvalue weighted by Gasteiger charge is 2.23. The van der Waals surface area contributed by atoms with Gasteiger partial charge in [0.25, 0.3) is 0 Å². The minimum Gasteiger partial charge on any atom is -0.462 e. The average molecular weight is 398 g/mol. The van der Waals surface area contributed by atoms with Crippen molar-refractivity contribution in [3.05, 3.63) is 64.3 Å². The molecule has 0 spiro atoms. The molecule has 0 radical (unpaired) electrons. The Morgan fingerprint density at radius 2 is 1.84 bits per heavy atom. The van der Waals surface area contributed by atoms with Gasteiger partial charge in [0.1, 0.15) is 0 Å². The summed E-state index contributed by atoms with van der Waals surface area (Å²) >= 11 is 3.64. The van der Waals surface area contributed by atoms with Crippen LogP contribution in [0.1, 0.15) is 36.3 Å². The summed E-state index contributed by atoms with van der Waals surface area (Å²) in [6.07, 6.45) is 1.64. The molecule has 0 aliphatic heterocycles. The van der Waals surface area contributed by atoms with Crippen LogP contribution in [0, 0.1) is 0 Å². The Bertz CT molecular complexity index is 907. The standard InChI is InChI=1S/C21H20BrNO2/c1-3-9-16-20(21(24)25-4-2)18(14-10-6-5-7-11-14)19-15(22)12-8-13-17(19)23-16/h5-8,10-13H,3-4,9H2,1-2H3. The van der Waals surface area contributed by atoms with E-state index < -0.39 is 0 Å². The van der Waals surface area contributed by atoms with Gasteiger partial charge in [0.05, 0.1) is 23.4 Å². The molecular formula is C21H20BrNO2. The van der Waals surface area contributed by atoms with Crippen LogP contribution in [0.25, 0.3) is 22.0 Å². The lowest BCUT2D eigenvalue weighted by Gasteiger charge is -2.17. The largest absolute Gasteiger partial charge is 0.462 e. The highest BCUT2D eigenvalue weighted by Crippen LogP contribution is 2.37. The van der Waals surface area contributed by atoms with Gasteiger partial charge in [-0.05, 0) is 31.0 Å². The number of rotatable bonds is 5. The molecule has 0 aliphatic carbocycles. The second-order valence-corrected chi connectivity index (χ2v) is 6.63. The fourth-order valence-corrected chi connectivity index (χ4v) is 3.61. The van der Waals surface area contributed by atoms with E-state index in [1.165, 1.54) is 0 Å². The number of nitrogens with zero attached hydrogens (tertiary/aromatic N) is 1. The number of aromatic nitrogens is 1. The lowest BCUT2D eigenvalue weighted by Crippen LogP contribution is -2.12. The van der Waals surface area contributed by atoms with E-state index in [9.17, 15) is 4.79 Å². The maximum absolute atomic E-state index is 12.8. The Labute approximate surface area is 156 Å². The topological polar surface area (TPSA) is 39.2 Å². The van der Waals surface area contributed by atoms with Crippen LogP contribution in [0.2, 0.25) is 0 Å². The maximum atomic E-state index is 12.8. The monoisotopic (exact) mass is 397 g/mol. The van der Waals surface area contributed by atoms with Crippen LogP contribution in [0.5, 0.6) is 0 Å². The van der Waals surface area contributed by atoms with Crippen LogP contribution in [0.4, 0.5) is 0 Å². The first-order chi connectivity index (χ1) is 12.2. The van der Waals surface area contributed by atoms with Crippen molar-refractivity contribution in [1.82, 2.24) is 4.98 Å². The molecule has 4 heteroatoms.